The number of rotatable bonds is 43. The molecule has 3 atom stereocenters. The first-order chi connectivity index (χ1) is 26.5. The van der Waals surface area contributed by atoms with Gasteiger partial charge < -0.3 is 28.8 Å². The van der Waals surface area contributed by atoms with Crippen molar-refractivity contribution in [3.05, 3.63) is 12.2 Å². The lowest BCUT2D eigenvalue weighted by Gasteiger charge is -2.30. The second kappa shape index (κ2) is 38.7. The SMILES string of the molecule is CCCCCC/C=C\CCCCCCCCCC(=O)NC(COP(=O)([O-])OCC[N+](C)(C)C)C(O)CCCCCCCCCCCCCCCCCCCC. The number of carbonyl (C=O) groups is 1. The van der Waals surface area contributed by atoms with Crippen LogP contribution in [0.2, 0.25) is 0 Å². The van der Waals surface area contributed by atoms with Crippen LogP contribution in [0.5, 0.6) is 0 Å². The Morgan fingerprint density at radius 3 is 1.44 bits per heavy atom. The van der Waals surface area contributed by atoms with Crippen LogP contribution < -0.4 is 10.2 Å². The van der Waals surface area contributed by atoms with E-state index in [2.05, 4.69) is 31.3 Å². The van der Waals surface area contributed by atoms with Crippen molar-refractivity contribution in [2.24, 2.45) is 0 Å². The Balaban J connectivity index is 4.31. The van der Waals surface area contributed by atoms with Crippen LogP contribution in [0.25, 0.3) is 0 Å². The highest BCUT2D eigenvalue weighted by Crippen LogP contribution is 2.38. The van der Waals surface area contributed by atoms with Crippen LogP contribution in [0, 0.1) is 0 Å². The molecule has 0 aromatic rings. The molecule has 0 aliphatic heterocycles. The van der Waals surface area contributed by atoms with E-state index in [0.717, 1.165) is 38.5 Å². The summed E-state index contributed by atoms with van der Waals surface area (Å²) >= 11 is 0. The predicted molar refractivity (Wildman–Crippen MR) is 233 cm³/mol. The molecule has 0 bridgehead atoms. The summed E-state index contributed by atoms with van der Waals surface area (Å²) in [7, 11) is 1.31. The average molecular weight is 801 g/mol. The molecule has 8 nitrogen and oxygen atoms in total. The van der Waals surface area contributed by atoms with E-state index in [1.165, 1.54) is 161 Å². The van der Waals surface area contributed by atoms with Crippen molar-refractivity contribution in [2.75, 3.05) is 40.9 Å². The Kier molecular flexibility index (Phi) is 38.2. The molecule has 328 valence electrons. The summed E-state index contributed by atoms with van der Waals surface area (Å²) in [6, 6.07) is -0.798. The molecule has 9 heteroatoms. The molecule has 3 unspecified atom stereocenters. The van der Waals surface area contributed by atoms with E-state index in [9.17, 15) is 19.4 Å². The number of unbranched alkanes of at least 4 members (excludes halogenated alkanes) is 28. The van der Waals surface area contributed by atoms with Crippen molar-refractivity contribution < 1.29 is 32.9 Å². The third-order valence-corrected chi connectivity index (χ3v) is 11.7. The van der Waals surface area contributed by atoms with Gasteiger partial charge in [0.1, 0.15) is 13.2 Å². The molecular formula is C46H93N2O6P. The lowest BCUT2D eigenvalue weighted by atomic mass is 10.0. The van der Waals surface area contributed by atoms with Gasteiger partial charge in [-0.3, -0.25) is 9.36 Å². The zero-order valence-electron chi connectivity index (χ0n) is 37.1. The second-order valence-electron chi connectivity index (χ2n) is 17.5. The van der Waals surface area contributed by atoms with Gasteiger partial charge in [-0.15, -0.1) is 0 Å². The topological polar surface area (TPSA) is 108 Å². The van der Waals surface area contributed by atoms with Crippen molar-refractivity contribution in [3.8, 4) is 0 Å². The van der Waals surface area contributed by atoms with Crippen LogP contribution in [0.3, 0.4) is 0 Å². The molecule has 0 aromatic heterocycles. The first kappa shape index (κ1) is 54.2. The quantitative estimate of drug-likeness (QED) is 0.0275. The minimum atomic E-state index is -4.56. The van der Waals surface area contributed by atoms with E-state index < -0.39 is 20.0 Å². The predicted octanol–water partition coefficient (Wildman–Crippen LogP) is 12.5. The molecule has 1 amide bonds. The lowest BCUT2D eigenvalue weighted by molar-refractivity contribution is -0.870. The molecule has 2 N–H and O–H groups in total. The third-order valence-electron chi connectivity index (χ3n) is 10.8. The first-order valence-electron chi connectivity index (χ1n) is 23.5. The van der Waals surface area contributed by atoms with Gasteiger partial charge in [-0.2, -0.15) is 0 Å². The second-order valence-corrected chi connectivity index (χ2v) is 18.9. The summed E-state index contributed by atoms with van der Waals surface area (Å²) < 4.78 is 23.3. The summed E-state index contributed by atoms with van der Waals surface area (Å²) in [4.78, 5) is 25.3. The summed E-state index contributed by atoms with van der Waals surface area (Å²) in [6.07, 6.45) is 43.5. The molecule has 0 radical (unpaired) electrons. The fourth-order valence-corrected chi connectivity index (χ4v) is 7.70. The number of allylic oxidation sites excluding steroid dienone is 2. The van der Waals surface area contributed by atoms with Crippen LogP contribution in [0.1, 0.15) is 226 Å². The van der Waals surface area contributed by atoms with E-state index in [-0.39, 0.29) is 19.1 Å². The molecule has 0 fully saturated rings. The van der Waals surface area contributed by atoms with Crippen molar-refractivity contribution in [1.29, 1.82) is 0 Å². The van der Waals surface area contributed by atoms with E-state index in [4.69, 9.17) is 9.05 Å². The summed E-state index contributed by atoms with van der Waals surface area (Å²) in [5.74, 6) is -0.168. The number of quaternary nitrogens is 1. The van der Waals surface area contributed by atoms with Gasteiger partial charge in [-0.1, -0.05) is 193 Å². The van der Waals surface area contributed by atoms with Gasteiger partial charge >= 0.3 is 0 Å². The first-order valence-corrected chi connectivity index (χ1v) is 25.0. The zero-order valence-corrected chi connectivity index (χ0v) is 38.0. The van der Waals surface area contributed by atoms with Crippen LogP contribution >= 0.6 is 7.82 Å². The Labute approximate surface area is 342 Å². The minimum Gasteiger partial charge on any atom is -0.756 e. The number of carbonyl (C=O) groups excluding carboxylic acids is 1. The molecule has 0 aromatic carbocycles. The number of phosphoric ester groups is 1. The average Bonchev–Trinajstić information content (AvgIpc) is 3.13. The molecule has 0 heterocycles. The number of phosphoric acid groups is 1. The number of amides is 1. The summed E-state index contributed by atoms with van der Waals surface area (Å²) in [5.41, 5.74) is 0. The highest BCUT2D eigenvalue weighted by atomic mass is 31.2. The number of hydrogen-bond acceptors (Lipinski definition) is 6. The Hall–Kier alpha value is -0.760. The number of nitrogens with one attached hydrogen (secondary N) is 1. The van der Waals surface area contributed by atoms with Gasteiger partial charge in [0.2, 0.25) is 5.91 Å². The maximum atomic E-state index is 12.9. The fourth-order valence-electron chi connectivity index (χ4n) is 6.98. The number of aliphatic hydroxyl groups excluding tert-OH is 1. The Bertz CT molecular complexity index is 911. The highest BCUT2D eigenvalue weighted by Gasteiger charge is 2.24. The summed E-state index contributed by atoms with van der Waals surface area (Å²) in [5, 5.41) is 13.9. The Morgan fingerprint density at radius 2 is 1.00 bits per heavy atom. The molecule has 0 saturated heterocycles. The van der Waals surface area contributed by atoms with E-state index >= 15 is 0 Å². The van der Waals surface area contributed by atoms with E-state index in [1.807, 2.05) is 21.1 Å². The zero-order chi connectivity index (χ0) is 40.7. The smallest absolute Gasteiger partial charge is 0.268 e. The molecule has 0 aliphatic carbocycles. The van der Waals surface area contributed by atoms with Crippen molar-refractivity contribution in [2.45, 2.75) is 238 Å². The molecular weight excluding hydrogens is 707 g/mol. The number of aliphatic hydroxyl groups is 1. The van der Waals surface area contributed by atoms with Crippen LogP contribution in [-0.2, 0) is 18.4 Å². The van der Waals surface area contributed by atoms with Gasteiger partial charge in [0.25, 0.3) is 7.82 Å². The van der Waals surface area contributed by atoms with Gasteiger partial charge in [-0.05, 0) is 38.5 Å². The molecule has 55 heavy (non-hydrogen) atoms. The van der Waals surface area contributed by atoms with Gasteiger partial charge in [0, 0.05) is 6.42 Å². The number of hydrogen-bond donors (Lipinski definition) is 2. The normalized spacial score (nSPS) is 14.4. The number of likely N-dealkylation sites (N-methyl/N-ethyl adjacent to an activating group) is 1. The monoisotopic (exact) mass is 801 g/mol. The fraction of sp³-hybridized carbons (Fsp3) is 0.935. The van der Waals surface area contributed by atoms with E-state index in [0.29, 0.717) is 23.9 Å². The van der Waals surface area contributed by atoms with Crippen LogP contribution in [-0.4, -0.2) is 68.5 Å². The summed E-state index contributed by atoms with van der Waals surface area (Å²) in [6.45, 7) is 4.72. The molecule has 0 spiro atoms. The minimum absolute atomic E-state index is 0.0133. The maximum absolute atomic E-state index is 12.9. The molecule has 0 saturated carbocycles. The van der Waals surface area contributed by atoms with Crippen molar-refractivity contribution >= 4 is 13.7 Å². The van der Waals surface area contributed by atoms with Crippen molar-refractivity contribution in [1.82, 2.24) is 5.32 Å². The molecule has 0 aliphatic rings. The van der Waals surface area contributed by atoms with E-state index in [1.54, 1.807) is 0 Å². The number of nitrogens with zero attached hydrogens (tertiary/aromatic N) is 1. The maximum Gasteiger partial charge on any atom is 0.268 e. The van der Waals surface area contributed by atoms with Crippen molar-refractivity contribution in [3.63, 3.8) is 0 Å². The van der Waals surface area contributed by atoms with Crippen LogP contribution in [0.4, 0.5) is 0 Å². The van der Waals surface area contributed by atoms with Crippen LogP contribution in [0.15, 0.2) is 12.2 Å². The standard InChI is InChI=1S/C46H93N2O6P/c1-6-8-10-12-14-16-18-20-22-23-24-26-27-29-31-33-35-37-39-45(49)44(43-54-55(51,52)53-42-41-48(3,4)5)47-46(50)40-38-36-34-32-30-28-25-21-19-17-15-13-11-9-7-2/h17,19,44-45,49H,6-16,18,20-43H2,1-5H3,(H-,47,50,51,52)/b19-17-. The van der Waals surface area contributed by atoms with Gasteiger partial charge in [0.05, 0.1) is 39.9 Å². The van der Waals surface area contributed by atoms with Gasteiger partial charge in [0.15, 0.2) is 0 Å². The molecule has 0 rings (SSSR count). The highest BCUT2D eigenvalue weighted by molar-refractivity contribution is 7.45. The van der Waals surface area contributed by atoms with Gasteiger partial charge in [-0.25, -0.2) is 0 Å². The third kappa shape index (κ3) is 41.2. The largest absolute Gasteiger partial charge is 0.756 e. The Morgan fingerprint density at radius 1 is 0.618 bits per heavy atom. The lowest BCUT2D eigenvalue weighted by Crippen LogP contribution is -2.46.